The Labute approximate surface area is 797 Å². The van der Waals surface area contributed by atoms with Crippen molar-refractivity contribution in [1.82, 2.24) is 19.9 Å². The summed E-state index contributed by atoms with van der Waals surface area (Å²) < 4.78 is 4.89. The van der Waals surface area contributed by atoms with E-state index in [0.717, 1.165) is 45.0 Å². The van der Waals surface area contributed by atoms with E-state index in [9.17, 15) is 19.2 Å². The second-order valence-electron chi connectivity index (χ2n) is 28.8. The van der Waals surface area contributed by atoms with Crippen molar-refractivity contribution in [1.29, 1.82) is 0 Å². The van der Waals surface area contributed by atoms with E-state index in [-0.39, 0.29) is 127 Å². The molecular formula is C104H96Ir4N4O8S4-4. The van der Waals surface area contributed by atoms with E-state index >= 15 is 0 Å². The van der Waals surface area contributed by atoms with Crippen molar-refractivity contribution in [3.8, 4) is 86.8 Å². The Morgan fingerprint density at radius 1 is 0.282 bits per heavy atom. The first-order valence-electron chi connectivity index (χ1n) is 38.6. The van der Waals surface area contributed by atoms with Crippen LogP contribution in [-0.2, 0) is 99.6 Å². The molecule has 16 rings (SSSR count). The molecule has 12 nitrogen and oxygen atoms in total. The number of pyridine rings is 4. The number of ketones is 4. The van der Waals surface area contributed by atoms with Crippen LogP contribution in [0.25, 0.3) is 127 Å². The molecule has 8 heterocycles. The first-order chi connectivity index (χ1) is 57.3. The third kappa shape index (κ3) is 32.3. The molecule has 8 aromatic heterocycles. The van der Waals surface area contributed by atoms with Crippen molar-refractivity contribution in [3.63, 3.8) is 0 Å². The molecule has 0 saturated heterocycles. The molecule has 0 aliphatic heterocycles. The fourth-order valence-corrected chi connectivity index (χ4v) is 17.3. The number of aliphatic hydroxyl groups excluding tert-OH is 4. The van der Waals surface area contributed by atoms with Crippen molar-refractivity contribution >= 4 is 109 Å². The molecule has 0 spiro atoms. The van der Waals surface area contributed by atoms with E-state index in [1.54, 1.807) is 22.7 Å². The summed E-state index contributed by atoms with van der Waals surface area (Å²) in [4.78, 5) is 63.7. The van der Waals surface area contributed by atoms with Gasteiger partial charge < -0.3 is 40.4 Å². The number of aromatic nitrogens is 4. The quantitative estimate of drug-likeness (QED) is 0.0513. The Morgan fingerprint density at radius 2 is 0.548 bits per heavy atom. The van der Waals surface area contributed by atoms with Gasteiger partial charge in [0.1, 0.15) is 0 Å². The van der Waals surface area contributed by atoms with Crippen molar-refractivity contribution < 1.29 is 120 Å². The summed E-state index contributed by atoms with van der Waals surface area (Å²) in [7, 11) is 0. The number of carbonyl (C=O) groups is 4. The van der Waals surface area contributed by atoms with Crippen LogP contribution in [0.15, 0.2) is 291 Å². The molecular weight excluding hydrogens is 2330 g/mol. The fourth-order valence-electron chi connectivity index (χ4n) is 12.9. The number of allylic oxidation sites excluding steroid dienone is 8. The van der Waals surface area contributed by atoms with Crippen molar-refractivity contribution in [2.75, 3.05) is 0 Å². The molecule has 644 valence electrons. The summed E-state index contributed by atoms with van der Waals surface area (Å²) in [6.45, 7) is 28.7. The van der Waals surface area contributed by atoms with Crippen LogP contribution in [0.3, 0.4) is 0 Å². The third-order valence-electron chi connectivity index (χ3n) is 17.7. The first kappa shape index (κ1) is 104. The Hall–Kier alpha value is -10.4. The van der Waals surface area contributed by atoms with Gasteiger partial charge in [-0.15, -0.1) is 189 Å². The predicted molar refractivity (Wildman–Crippen MR) is 503 cm³/mol. The Bertz CT molecular complexity index is 6190. The average Bonchev–Trinajstić information content (AvgIpc) is 1.66. The SMILES string of the molecule is CC(=O)C=C(C)O.CC(=O)C=C(C)O.CC(=O)C=C(C)O.CC(=O)C=C(C)O.Cc1cc(C)c(-c2cc3cc(-c4[c-]cccc4)ncc3s2)c(C)c1.Cc1cc(C)cc(-c2cc3cc(-c4[c-]cccc4)ncc3s2)c1.Cc1ccc(-c2cc3cc(-c4[c-]cccc4)ncc3s2)cc1.Cc1cccc(C)c1-c1cc2cc(-c3[c-]cccc3)ncc2s1.[Ir].[Ir].[Ir].[Ir]. The summed E-state index contributed by atoms with van der Waals surface area (Å²) >= 11 is 7.21. The van der Waals surface area contributed by atoms with Gasteiger partial charge in [-0.05, 0) is 224 Å². The smallest absolute Gasteiger partial charge is 0.155 e. The summed E-state index contributed by atoms with van der Waals surface area (Å²) in [5.41, 5.74) is 23.8. The van der Waals surface area contributed by atoms with Gasteiger partial charge in [-0.3, -0.25) is 19.2 Å². The van der Waals surface area contributed by atoms with Crippen LogP contribution in [0.5, 0.6) is 0 Å². The van der Waals surface area contributed by atoms with E-state index < -0.39 is 0 Å². The normalized spacial score (nSPS) is 10.8. The Morgan fingerprint density at radius 3 is 0.815 bits per heavy atom. The predicted octanol–water partition coefficient (Wildman–Crippen LogP) is 28.3. The van der Waals surface area contributed by atoms with Crippen LogP contribution in [0.4, 0.5) is 0 Å². The van der Waals surface area contributed by atoms with E-state index in [0.29, 0.717) is 0 Å². The summed E-state index contributed by atoms with van der Waals surface area (Å²) in [6.07, 6.45) is 12.6. The van der Waals surface area contributed by atoms with Crippen LogP contribution < -0.4 is 0 Å². The molecule has 4 N–H and O–H groups in total. The van der Waals surface area contributed by atoms with Crippen LogP contribution in [0.2, 0.25) is 0 Å². The van der Waals surface area contributed by atoms with Gasteiger partial charge in [0.05, 0.1) is 41.8 Å². The van der Waals surface area contributed by atoms with Gasteiger partial charge >= 0.3 is 0 Å². The molecule has 16 aromatic rings. The number of hydrogen-bond acceptors (Lipinski definition) is 16. The molecule has 124 heavy (non-hydrogen) atoms. The zero-order chi connectivity index (χ0) is 86.7. The molecule has 0 aliphatic carbocycles. The van der Waals surface area contributed by atoms with E-state index in [1.165, 1.54) is 206 Å². The second-order valence-corrected chi connectivity index (χ2v) is 33.2. The molecule has 0 atom stereocenters. The number of rotatable bonds is 12. The van der Waals surface area contributed by atoms with Crippen molar-refractivity contribution in [2.24, 2.45) is 0 Å². The van der Waals surface area contributed by atoms with Crippen LogP contribution >= 0.6 is 45.3 Å². The molecule has 0 unspecified atom stereocenters. The van der Waals surface area contributed by atoms with Gasteiger partial charge in [-0.2, -0.15) is 0 Å². The van der Waals surface area contributed by atoms with Crippen molar-refractivity contribution in [2.45, 2.75) is 111 Å². The summed E-state index contributed by atoms with van der Waals surface area (Å²) in [6, 6.07) is 88.9. The molecule has 0 aliphatic rings. The number of fused-ring (bicyclic) bond motifs is 4. The number of hydrogen-bond donors (Lipinski definition) is 4. The molecule has 4 radical (unpaired) electrons. The van der Waals surface area contributed by atoms with Gasteiger partial charge in [0, 0.05) is 149 Å². The second kappa shape index (κ2) is 51.2. The number of aryl methyl sites for hydroxylation is 8. The standard InChI is InChI=1S/C22H18NS.2C21H16NS.C20H14NS.4C5H8O2.4Ir/c1-14-9-15(2)22(16(3)10-14)20-12-18-11-19(23-13-21(18)24-20)17-7-5-4-6-8-17;1-14-7-6-8-15(2)21(14)19-12-17-11-18(22-13-20(17)23-19)16-9-4-3-5-10-16;1-14-8-15(2)10-17(9-14)20-12-18-11-19(22-13-21(18)23-20)16-6-4-3-5-7-16;1-14-7-9-16(10-8-14)19-12-17-11-18(21-13-20(17)22-19)15-5-3-2-4-6-15;4*1-4(6)3-5(2)7;;;;/h4-7,9-13H,1-3H3;3-9,11-13H,1-2H3;3-6,8-13H,1-2H3;2-5,7-13H,1H3;4*3,6H,1-2H3;;;;/q4*-1;;;;;;;;. The number of nitrogens with zero attached hydrogens (tertiary/aromatic N) is 4. The minimum Gasteiger partial charge on any atom is -0.512 e. The zero-order valence-corrected chi connectivity index (χ0v) is 84.4. The maximum absolute atomic E-state index is 10.0. The van der Waals surface area contributed by atoms with Gasteiger partial charge in [0.2, 0.25) is 0 Å². The molecule has 0 saturated carbocycles. The van der Waals surface area contributed by atoms with E-state index in [1.807, 2.05) is 138 Å². The number of thiophene rings is 4. The Kier molecular flexibility index (Phi) is 43.0. The number of aliphatic hydroxyl groups is 4. The summed E-state index contributed by atoms with van der Waals surface area (Å²) in [5, 5.41) is 38.4. The zero-order valence-electron chi connectivity index (χ0n) is 71.6. The van der Waals surface area contributed by atoms with E-state index in [4.69, 9.17) is 20.4 Å². The van der Waals surface area contributed by atoms with Gasteiger partial charge in [0.15, 0.2) is 23.1 Å². The largest absolute Gasteiger partial charge is 0.512 e. The first-order valence-corrected chi connectivity index (χ1v) is 41.9. The number of carbonyl (C=O) groups excluding carboxylic acids is 4. The Balaban J connectivity index is 0.000000263. The average molecular weight is 2430 g/mol. The van der Waals surface area contributed by atoms with Crippen LogP contribution in [0.1, 0.15) is 99.9 Å². The van der Waals surface area contributed by atoms with Crippen LogP contribution in [-0.4, -0.2) is 63.5 Å². The third-order valence-corrected chi connectivity index (χ3v) is 22.2. The fraction of sp³-hybridized carbons (Fsp3) is 0.154. The maximum atomic E-state index is 10.0. The van der Waals surface area contributed by atoms with Gasteiger partial charge in [-0.1, -0.05) is 119 Å². The van der Waals surface area contributed by atoms with E-state index in [2.05, 4.69) is 227 Å². The minimum atomic E-state index is -0.125. The minimum absolute atomic E-state index is 0. The van der Waals surface area contributed by atoms with Gasteiger partial charge in [0.25, 0.3) is 0 Å². The van der Waals surface area contributed by atoms with Gasteiger partial charge in [-0.25, -0.2) is 0 Å². The molecule has 8 aromatic carbocycles. The topological polar surface area (TPSA) is 201 Å². The summed E-state index contributed by atoms with van der Waals surface area (Å²) in [5.74, 6) is -0.250. The molecule has 0 bridgehead atoms. The van der Waals surface area contributed by atoms with Crippen LogP contribution in [0, 0.1) is 79.7 Å². The number of benzene rings is 8. The maximum Gasteiger partial charge on any atom is 0.155 e. The molecule has 0 amide bonds. The molecule has 0 fully saturated rings. The molecule has 20 heteroatoms. The monoisotopic (exact) mass is 2430 g/mol. The van der Waals surface area contributed by atoms with Crippen molar-refractivity contribution in [3.05, 3.63) is 359 Å².